The second-order valence-corrected chi connectivity index (χ2v) is 6.39. The molecule has 3 nitrogen and oxygen atoms in total. The van der Waals surface area contributed by atoms with E-state index < -0.39 is 0 Å². The van der Waals surface area contributed by atoms with E-state index in [4.69, 9.17) is 23.2 Å². The Kier molecular flexibility index (Phi) is 3.37. The fourth-order valence-electron chi connectivity index (χ4n) is 3.71. The normalized spacial score (nSPS) is 31.6. The first-order valence-electron chi connectivity index (χ1n) is 6.58. The van der Waals surface area contributed by atoms with Gasteiger partial charge in [0.05, 0.1) is 5.69 Å². The van der Waals surface area contributed by atoms with Crippen molar-refractivity contribution in [3.05, 3.63) is 16.4 Å². The number of hydrogen-bond donors (Lipinski definition) is 1. The molecule has 2 saturated carbocycles. The second-order valence-electron chi connectivity index (χ2n) is 5.64. The number of nitrogens with zero attached hydrogens (tertiary/aromatic N) is 2. The molecule has 18 heavy (non-hydrogen) atoms. The molecule has 1 aromatic heterocycles. The molecule has 2 aliphatic rings. The Labute approximate surface area is 117 Å². The quantitative estimate of drug-likeness (QED) is 0.912. The Morgan fingerprint density at radius 1 is 1.28 bits per heavy atom. The van der Waals surface area contributed by atoms with Gasteiger partial charge in [0.2, 0.25) is 0 Å². The third kappa shape index (κ3) is 2.30. The minimum atomic E-state index is 0.377. The van der Waals surface area contributed by atoms with Crippen LogP contribution in [0.5, 0.6) is 0 Å². The monoisotopic (exact) mass is 285 g/mol. The van der Waals surface area contributed by atoms with Crippen LogP contribution in [0.1, 0.15) is 32.6 Å². The number of aromatic nitrogens is 2. The first-order valence-corrected chi connectivity index (χ1v) is 7.34. The number of halogens is 2. The summed E-state index contributed by atoms with van der Waals surface area (Å²) >= 11 is 11.9. The van der Waals surface area contributed by atoms with Crippen molar-refractivity contribution in [2.45, 2.75) is 38.6 Å². The summed E-state index contributed by atoms with van der Waals surface area (Å²) in [4.78, 5) is 0. The molecule has 0 aromatic carbocycles. The molecule has 2 fully saturated rings. The molecule has 2 bridgehead atoms. The zero-order valence-electron chi connectivity index (χ0n) is 10.4. The summed E-state index contributed by atoms with van der Waals surface area (Å²) in [5.74, 6) is 2.60. The Bertz CT molecular complexity index is 452. The molecule has 4 unspecified atom stereocenters. The first-order chi connectivity index (χ1) is 8.63. The lowest BCUT2D eigenvalue weighted by molar-refractivity contribution is 0.304. The lowest BCUT2D eigenvalue weighted by Crippen LogP contribution is -2.30. The predicted molar refractivity (Wildman–Crippen MR) is 74.1 cm³/mol. The van der Waals surface area contributed by atoms with Gasteiger partial charge in [-0.15, -0.1) is 10.2 Å². The maximum Gasteiger partial charge on any atom is 0.174 e. The summed E-state index contributed by atoms with van der Waals surface area (Å²) in [7, 11) is 0. The number of nitrogens with one attached hydrogen (secondary N) is 1. The van der Waals surface area contributed by atoms with Gasteiger partial charge in [-0.2, -0.15) is 0 Å². The molecule has 0 spiro atoms. The van der Waals surface area contributed by atoms with Crippen LogP contribution in [0.2, 0.25) is 10.3 Å². The summed E-state index contributed by atoms with van der Waals surface area (Å²) in [5.41, 5.74) is 0.798. The van der Waals surface area contributed by atoms with Crippen molar-refractivity contribution in [3.63, 3.8) is 0 Å². The largest absolute Gasteiger partial charge is 0.380 e. The molecule has 1 heterocycles. The van der Waals surface area contributed by atoms with E-state index in [1.165, 1.54) is 25.7 Å². The van der Waals surface area contributed by atoms with Crippen molar-refractivity contribution in [1.29, 1.82) is 0 Å². The SMILES string of the molecule is CC(Nc1cc(Cl)nnc1Cl)C1CC2CCC1C2. The van der Waals surface area contributed by atoms with Crippen LogP contribution in [0.15, 0.2) is 6.07 Å². The highest BCUT2D eigenvalue weighted by atomic mass is 35.5. The third-order valence-corrected chi connectivity index (χ3v) is 5.00. The topological polar surface area (TPSA) is 37.8 Å². The van der Waals surface area contributed by atoms with E-state index >= 15 is 0 Å². The molecule has 0 aliphatic heterocycles. The highest BCUT2D eigenvalue weighted by Crippen LogP contribution is 2.50. The molecule has 2 aliphatic carbocycles. The zero-order valence-corrected chi connectivity index (χ0v) is 11.9. The van der Waals surface area contributed by atoms with E-state index in [0.29, 0.717) is 16.3 Å². The maximum atomic E-state index is 6.03. The fraction of sp³-hybridized carbons (Fsp3) is 0.692. The summed E-state index contributed by atoms with van der Waals surface area (Å²) in [5, 5.41) is 11.8. The average Bonchev–Trinajstić information content (AvgIpc) is 2.96. The fourth-order valence-corrected chi connectivity index (χ4v) is 4.01. The third-order valence-electron chi connectivity index (χ3n) is 4.54. The number of hydrogen-bond acceptors (Lipinski definition) is 3. The van der Waals surface area contributed by atoms with E-state index in [-0.39, 0.29) is 0 Å². The Morgan fingerprint density at radius 2 is 2.11 bits per heavy atom. The van der Waals surface area contributed by atoms with Crippen LogP contribution >= 0.6 is 23.2 Å². The zero-order chi connectivity index (χ0) is 12.7. The van der Waals surface area contributed by atoms with Gasteiger partial charge in [-0.3, -0.25) is 0 Å². The van der Waals surface area contributed by atoms with Gasteiger partial charge in [0.15, 0.2) is 10.3 Å². The van der Waals surface area contributed by atoms with Crippen LogP contribution in [-0.2, 0) is 0 Å². The van der Waals surface area contributed by atoms with Crippen LogP contribution in [0, 0.1) is 17.8 Å². The molecule has 1 aromatic rings. The second kappa shape index (κ2) is 4.86. The van der Waals surface area contributed by atoms with Crippen molar-refractivity contribution in [2.75, 3.05) is 5.32 Å². The molecule has 4 atom stereocenters. The minimum absolute atomic E-state index is 0.377. The summed E-state index contributed by atoms with van der Waals surface area (Å²) < 4.78 is 0. The molecule has 98 valence electrons. The van der Waals surface area contributed by atoms with Crippen LogP contribution < -0.4 is 5.32 Å². The molecular weight excluding hydrogens is 269 g/mol. The standard InChI is InChI=1S/C13H17Cl2N3/c1-7(10-5-8-2-3-9(10)4-8)16-11-6-12(14)17-18-13(11)15/h6-10H,2-5H2,1H3,(H,16,17). The van der Waals surface area contributed by atoms with Crippen molar-refractivity contribution >= 4 is 28.9 Å². The minimum Gasteiger partial charge on any atom is -0.380 e. The van der Waals surface area contributed by atoms with Gasteiger partial charge in [-0.1, -0.05) is 29.6 Å². The van der Waals surface area contributed by atoms with Crippen LogP contribution in [-0.4, -0.2) is 16.2 Å². The highest BCUT2D eigenvalue weighted by Gasteiger charge is 2.41. The molecule has 3 rings (SSSR count). The Morgan fingerprint density at radius 3 is 2.78 bits per heavy atom. The Balaban J connectivity index is 1.70. The molecule has 5 heteroatoms. The van der Waals surface area contributed by atoms with E-state index in [1.54, 1.807) is 6.07 Å². The highest BCUT2D eigenvalue weighted by molar-refractivity contribution is 6.33. The van der Waals surface area contributed by atoms with Gasteiger partial charge in [-0.05, 0) is 43.9 Å². The summed E-state index contributed by atoms with van der Waals surface area (Å²) in [6, 6.07) is 2.17. The first kappa shape index (κ1) is 12.5. The molecule has 0 radical (unpaired) electrons. The van der Waals surface area contributed by atoms with E-state index in [9.17, 15) is 0 Å². The number of fused-ring (bicyclic) bond motifs is 2. The number of anilines is 1. The molecule has 0 saturated heterocycles. The van der Waals surface area contributed by atoms with Crippen LogP contribution in [0.25, 0.3) is 0 Å². The Hall–Kier alpha value is -0.540. The van der Waals surface area contributed by atoms with Gasteiger partial charge >= 0.3 is 0 Å². The maximum absolute atomic E-state index is 6.03. The van der Waals surface area contributed by atoms with Crippen molar-refractivity contribution in [3.8, 4) is 0 Å². The van der Waals surface area contributed by atoms with Gasteiger partial charge < -0.3 is 5.32 Å². The molecule has 0 amide bonds. The lowest BCUT2D eigenvalue weighted by atomic mass is 9.84. The smallest absolute Gasteiger partial charge is 0.174 e. The van der Waals surface area contributed by atoms with Gasteiger partial charge in [0.25, 0.3) is 0 Å². The summed E-state index contributed by atoms with van der Waals surface area (Å²) in [6.07, 6.45) is 5.59. The molecular formula is C13H17Cl2N3. The van der Waals surface area contributed by atoms with Crippen molar-refractivity contribution < 1.29 is 0 Å². The van der Waals surface area contributed by atoms with E-state index in [0.717, 1.165) is 23.4 Å². The van der Waals surface area contributed by atoms with E-state index in [2.05, 4.69) is 22.4 Å². The van der Waals surface area contributed by atoms with Crippen LogP contribution in [0.4, 0.5) is 5.69 Å². The van der Waals surface area contributed by atoms with Gasteiger partial charge in [0, 0.05) is 12.1 Å². The average molecular weight is 286 g/mol. The van der Waals surface area contributed by atoms with Gasteiger partial charge in [-0.25, -0.2) is 0 Å². The lowest BCUT2D eigenvalue weighted by Gasteiger charge is -2.29. The number of rotatable bonds is 3. The summed E-state index contributed by atoms with van der Waals surface area (Å²) in [6.45, 7) is 2.23. The van der Waals surface area contributed by atoms with Gasteiger partial charge in [0.1, 0.15) is 0 Å². The predicted octanol–water partition coefficient (Wildman–Crippen LogP) is 4.02. The van der Waals surface area contributed by atoms with Crippen LogP contribution in [0.3, 0.4) is 0 Å². The van der Waals surface area contributed by atoms with Crippen molar-refractivity contribution in [1.82, 2.24) is 10.2 Å². The molecule has 1 N–H and O–H groups in total. The van der Waals surface area contributed by atoms with E-state index in [1.807, 2.05) is 0 Å². The van der Waals surface area contributed by atoms with Crippen molar-refractivity contribution in [2.24, 2.45) is 17.8 Å².